The van der Waals surface area contributed by atoms with Gasteiger partial charge in [-0.25, -0.2) is 0 Å². The van der Waals surface area contributed by atoms with Crippen molar-refractivity contribution in [2.24, 2.45) is 9.98 Å². The van der Waals surface area contributed by atoms with Crippen molar-refractivity contribution in [2.75, 3.05) is 33.2 Å². The molecule has 0 radical (unpaired) electrons. The first kappa shape index (κ1) is 9.92. The van der Waals surface area contributed by atoms with Gasteiger partial charge in [0.05, 0.1) is 6.21 Å². The maximum Gasteiger partial charge on any atom is 0.142 e. The lowest BCUT2D eigenvalue weighted by atomic mass is 10.3. The third-order valence-electron chi connectivity index (χ3n) is 1.97. The van der Waals surface area contributed by atoms with Gasteiger partial charge in [0.2, 0.25) is 0 Å². The van der Waals surface area contributed by atoms with Crippen LogP contribution >= 0.6 is 0 Å². The molecule has 0 amide bonds. The van der Waals surface area contributed by atoms with Crippen LogP contribution < -0.4 is 5.32 Å². The first-order valence-electron chi connectivity index (χ1n) is 4.45. The molecule has 0 aromatic carbocycles. The molecule has 4 nitrogen and oxygen atoms in total. The van der Waals surface area contributed by atoms with E-state index in [1.165, 1.54) is 6.20 Å². The summed E-state index contributed by atoms with van der Waals surface area (Å²) in [6.45, 7) is 7.55. The fourth-order valence-electron chi connectivity index (χ4n) is 1.29. The predicted octanol–water partition coefficient (Wildman–Crippen LogP) is 0.134. The van der Waals surface area contributed by atoms with E-state index in [1.807, 2.05) is 0 Å². The Balaban J connectivity index is 2.54. The van der Waals surface area contributed by atoms with Crippen molar-refractivity contribution >= 4 is 12.1 Å². The van der Waals surface area contributed by atoms with E-state index in [9.17, 15) is 0 Å². The Morgan fingerprint density at radius 1 is 1.46 bits per heavy atom. The number of amidine groups is 1. The second kappa shape index (κ2) is 5.48. The van der Waals surface area contributed by atoms with E-state index in [-0.39, 0.29) is 0 Å². The smallest absolute Gasteiger partial charge is 0.142 e. The minimum absolute atomic E-state index is 0.932. The maximum absolute atomic E-state index is 4.17. The molecule has 13 heavy (non-hydrogen) atoms. The maximum atomic E-state index is 4.17. The molecule has 1 fully saturated rings. The van der Waals surface area contributed by atoms with Gasteiger partial charge in [0.25, 0.3) is 0 Å². The fraction of sp³-hybridized carbons (Fsp3) is 0.556. The molecule has 1 saturated heterocycles. The highest BCUT2D eigenvalue weighted by molar-refractivity contribution is 6.29. The summed E-state index contributed by atoms with van der Waals surface area (Å²) in [7, 11) is 1.78. The van der Waals surface area contributed by atoms with E-state index in [2.05, 4.69) is 26.8 Å². The second-order valence-corrected chi connectivity index (χ2v) is 2.78. The summed E-state index contributed by atoms with van der Waals surface area (Å²) in [4.78, 5) is 10.3. The van der Waals surface area contributed by atoms with Crippen LogP contribution in [0.5, 0.6) is 0 Å². The number of hydrogen-bond acceptors (Lipinski definition) is 3. The van der Waals surface area contributed by atoms with Crippen LogP contribution in [0.15, 0.2) is 22.8 Å². The van der Waals surface area contributed by atoms with Crippen LogP contribution in [0.1, 0.15) is 0 Å². The quantitative estimate of drug-likeness (QED) is 0.485. The van der Waals surface area contributed by atoms with Crippen molar-refractivity contribution in [3.63, 3.8) is 0 Å². The summed E-state index contributed by atoms with van der Waals surface area (Å²) < 4.78 is 0. The normalized spacial score (nSPS) is 19.5. The van der Waals surface area contributed by atoms with Crippen LogP contribution in [0.4, 0.5) is 0 Å². The standard InChI is InChI=1S/C9H16N4/c1-3-11-8-9(10-2)13-6-4-12-5-7-13/h3,8,12H,1,4-7H2,2H3. The van der Waals surface area contributed by atoms with Crippen molar-refractivity contribution in [3.05, 3.63) is 12.8 Å². The Labute approximate surface area is 79.1 Å². The van der Waals surface area contributed by atoms with Crippen LogP contribution in [-0.4, -0.2) is 50.2 Å². The molecular weight excluding hydrogens is 164 g/mol. The molecule has 0 bridgehead atoms. The van der Waals surface area contributed by atoms with E-state index in [0.29, 0.717) is 0 Å². The lowest BCUT2D eigenvalue weighted by Crippen LogP contribution is -2.46. The van der Waals surface area contributed by atoms with Gasteiger partial charge in [0.15, 0.2) is 0 Å². The molecule has 0 unspecified atom stereocenters. The molecule has 72 valence electrons. The molecule has 1 aliphatic heterocycles. The predicted molar refractivity (Wildman–Crippen MR) is 56.5 cm³/mol. The lowest BCUT2D eigenvalue weighted by Gasteiger charge is -2.28. The number of nitrogens with zero attached hydrogens (tertiary/aromatic N) is 3. The second-order valence-electron chi connectivity index (χ2n) is 2.78. The van der Waals surface area contributed by atoms with Gasteiger partial charge in [-0.1, -0.05) is 6.58 Å². The highest BCUT2D eigenvalue weighted by Crippen LogP contribution is 1.93. The number of rotatable bonds is 2. The van der Waals surface area contributed by atoms with Gasteiger partial charge in [-0.15, -0.1) is 0 Å². The topological polar surface area (TPSA) is 40.0 Å². The summed E-state index contributed by atoms with van der Waals surface area (Å²) in [5, 5.41) is 3.29. The number of piperazine rings is 1. The third kappa shape index (κ3) is 2.99. The van der Waals surface area contributed by atoms with Crippen LogP contribution in [0, 0.1) is 0 Å². The van der Waals surface area contributed by atoms with Crippen molar-refractivity contribution in [1.82, 2.24) is 10.2 Å². The van der Waals surface area contributed by atoms with Gasteiger partial charge in [-0.3, -0.25) is 9.98 Å². The van der Waals surface area contributed by atoms with E-state index in [4.69, 9.17) is 0 Å². The minimum atomic E-state index is 0.932. The summed E-state index contributed by atoms with van der Waals surface area (Å²) in [6, 6.07) is 0. The highest BCUT2D eigenvalue weighted by atomic mass is 15.2. The number of aliphatic imine (C=N–C) groups is 2. The Kier molecular flexibility index (Phi) is 4.18. The van der Waals surface area contributed by atoms with Gasteiger partial charge in [0.1, 0.15) is 5.84 Å². The molecule has 0 aromatic rings. The minimum Gasteiger partial charge on any atom is -0.353 e. The Morgan fingerprint density at radius 3 is 2.69 bits per heavy atom. The average molecular weight is 180 g/mol. The molecule has 0 spiro atoms. The summed E-state index contributed by atoms with van der Waals surface area (Å²) in [6.07, 6.45) is 3.27. The van der Waals surface area contributed by atoms with Gasteiger partial charge in [-0.2, -0.15) is 0 Å². The molecule has 1 N–H and O–H groups in total. The van der Waals surface area contributed by atoms with Gasteiger partial charge in [0, 0.05) is 39.4 Å². The van der Waals surface area contributed by atoms with E-state index < -0.39 is 0 Å². The molecule has 0 saturated carbocycles. The van der Waals surface area contributed by atoms with E-state index in [1.54, 1.807) is 13.3 Å². The monoisotopic (exact) mass is 180 g/mol. The van der Waals surface area contributed by atoms with E-state index >= 15 is 0 Å². The summed E-state index contributed by atoms with van der Waals surface area (Å²) >= 11 is 0. The Hall–Kier alpha value is -1.16. The van der Waals surface area contributed by atoms with Crippen molar-refractivity contribution < 1.29 is 0 Å². The number of nitrogens with one attached hydrogen (secondary N) is 1. The number of hydrogen-bond donors (Lipinski definition) is 1. The zero-order chi connectivity index (χ0) is 9.52. The van der Waals surface area contributed by atoms with Gasteiger partial charge >= 0.3 is 0 Å². The first-order chi connectivity index (χ1) is 6.38. The molecular formula is C9H16N4. The fourth-order valence-corrected chi connectivity index (χ4v) is 1.29. The Morgan fingerprint density at radius 2 is 2.15 bits per heavy atom. The van der Waals surface area contributed by atoms with Crippen LogP contribution in [0.25, 0.3) is 0 Å². The summed E-state index contributed by atoms with van der Waals surface area (Å²) in [5.74, 6) is 0.932. The van der Waals surface area contributed by atoms with Gasteiger partial charge in [-0.05, 0) is 0 Å². The Bertz CT molecular complexity index is 214. The van der Waals surface area contributed by atoms with Crippen molar-refractivity contribution in [1.29, 1.82) is 0 Å². The molecule has 1 rings (SSSR count). The molecule has 1 heterocycles. The van der Waals surface area contributed by atoms with Crippen LogP contribution in [0.2, 0.25) is 0 Å². The lowest BCUT2D eigenvalue weighted by molar-refractivity contribution is 0.361. The summed E-state index contributed by atoms with van der Waals surface area (Å²) in [5.41, 5.74) is 0. The molecule has 0 atom stereocenters. The zero-order valence-corrected chi connectivity index (χ0v) is 8.03. The molecule has 1 aliphatic rings. The average Bonchev–Trinajstić information content (AvgIpc) is 2.21. The first-order valence-corrected chi connectivity index (χ1v) is 4.45. The highest BCUT2D eigenvalue weighted by Gasteiger charge is 2.11. The third-order valence-corrected chi connectivity index (χ3v) is 1.97. The molecule has 0 aromatic heterocycles. The van der Waals surface area contributed by atoms with E-state index in [0.717, 1.165) is 32.0 Å². The van der Waals surface area contributed by atoms with Crippen LogP contribution in [0.3, 0.4) is 0 Å². The largest absolute Gasteiger partial charge is 0.353 e. The SMILES string of the molecule is C=CN=CC(=NC)N1CCNCC1. The van der Waals surface area contributed by atoms with Crippen LogP contribution in [-0.2, 0) is 0 Å². The van der Waals surface area contributed by atoms with Gasteiger partial charge < -0.3 is 10.2 Å². The molecule has 4 heteroatoms. The van der Waals surface area contributed by atoms with Crippen molar-refractivity contribution in [3.8, 4) is 0 Å². The molecule has 0 aliphatic carbocycles. The van der Waals surface area contributed by atoms with Crippen molar-refractivity contribution in [2.45, 2.75) is 0 Å². The zero-order valence-electron chi connectivity index (χ0n) is 8.03.